The largest absolute Gasteiger partial charge is 0.467 e. The van der Waals surface area contributed by atoms with Crippen LogP contribution in [0.4, 0.5) is 0 Å². The van der Waals surface area contributed by atoms with Crippen LogP contribution in [-0.2, 0) is 11.3 Å². The second-order valence-corrected chi connectivity index (χ2v) is 5.80. The zero-order chi connectivity index (χ0) is 15.4. The van der Waals surface area contributed by atoms with Gasteiger partial charge in [-0.3, -0.25) is 14.4 Å². The van der Waals surface area contributed by atoms with Crippen molar-refractivity contribution in [3.05, 3.63) is 42.6 Å². The topological polar surface area (TPSA) is 63.3 Å². The average molecular weight is 302 g/mol. The minimum Gasteiger partial charge on any atom is -0.467 e. The molecule has 0 spiro atoms. The molecule has 1 N–H and O–H groups in total. The Balaban J connectivity index is 1.51. The molecule has 3 rings (SSSR count). The van der Waals surface area contributed by atoms with Crippen molar-refractivity contribution in [1.29, 1.82) is 0 Å². The van der Waals surface area contributed by atoms with E-state index in [0.29, 0.717) is 12.6 Å². The lowest BCUT2D eigenvalue weighted by atomic mass is 10.2. The van der Waals surface area contributed by atoms with E-state index in [1.54, 1.807) is 12.5 Å². The first-order valence-corrected chi connectivity index (χ1v) is 7.76. The summed E-state index contributed by atoms with van der Waals surface area (Å²) in [7, 11) is 0. The summed E-state index contributed by atoms with van der Waals surface area (Å²) in [6.45, 7) is 4.17. The summed E-state index contributed by atoms with van der Waals surface area (Å²) in [5.74, 6) is 0.819. The molecule has 1 aliphatic heterocycles. The van der Waals surface area contributed by atoms with Crippen molar-refractivity contribution in [2.24, 2.45) is 0 Å². The van der Waals surface area contributed by atoms with Gasteiger partial charge in [0.1, 0.15) is 5.76 Å². The van der Waals surface area contributed by atoms with Crippen molar-refractivity contribution in [2.75, 3.05) is 13.1 Å². The smallest absolute Gasteiger partial charge is 0.234 e. The van der Waals surface area contributed by atoms with E-state index in [9.17, 15) is 4.79 Å². The summed E-state index contributed by atoms with van der Waals surface area (Å²) >= 11 is 0. The van der Waals surface area contributed by atoms with Gasteiger partial charge in [0.25, 0.3) is 0 Å². The number of carbonyl (C=O) groups is 1. The monoisotopic (exact) mass is 302 g/mol. The van der Waals surface area contributed by atoms with Crippen LogP contribution in [0.15, 0.2) is 41.3 Å². The number of nitrogens with zero attached hydrogens (tertiary/aromatic N) is 3. The first-order valence-electron chi connectivity index (χ1n) is 7.76. The third-order valence-electron chi connectivity index (χ3n) is 4.15. The fourth-order valence-electron chi connectivity index (χ4n) is 3.01. The summed E-state index contributed by atoms with van der Waals surface area (Å²) in [6, 6.07) is 5.91. The van der Waals surface area contributed by atoms with Crippen LogP contribution in [-0.4, -0.2) is 39.7 Å². The summed E-state index contributed by atoms with van der Waals surface area (Å²) in [5, 5.41) is 7.24. The van der Waals surface area contributed by atoms with Crippen LogP contribution in [0.5, 0.6) is 0 Å². The molecule has 6 nitrogen and oxygen atoms in total. The Kier molecular flexibility index (Phi) is 4.58. The van der Waals surface area contributed by atoms with Crippen molar-refractivity contribution < 1.29 is 9.21 Å². The SMILES string of the molecule is C[C@@H](NC(=O)CN1CCC[C@H]1Cn1cccn1)c1ccco1. The van der Waals surface area contributed by atoms with Crippen LogP contribution >= 0.6 is 0 Å². The van der Waals surface area contributed by atoms with Gasteiger partial charge in [0.15, 0.2) is 0 Å². The Morgan fingerprint density at radius 1 is 1.55 bits per heavy atom. The van der Waals surface area contributed by atoms with Gasteiger partial charge in [-0.1, -0.05) is 0 Å². The van der Waals surface area contributed by atoms with Gasteiger partial charge in [0.2, 0.25) is 5.91 Å². The molecule has 6 heteroatoms. The molecule has 0 bridgehead atoms. The van der Waals surface area contributed by atoms with Crippen molar-refractivity contribution in [3.8, 4) is 0 Å². The number of carbonyl (C=O) groups excluding carboxylic acids is 1. The molecule has 1 saturated heterocycles. The normalized spacial score (nSPS) is 20.1. The summed E-state index contributed by atoms with van der Waals surface area (Å²) < 4.78 is 7.25. The van der Waals surface area contributed by atoms with Crippen molar-refractivity contribution in [3.63, 3.8) is 0 Å². The van der Waals surface area contributed by atoms with Gasteiger partial charge in [-0.2, -0.15) is 5.10 Å². The van der Waals surface area contributed by atoms with Gasteiger partial charge in [0.05, 0.1) is 25.4 Å². The van der Waals surface area contributed by atoms with E-state index in [2.05, 4.69) is 15.3 Å². The Morgan fingerprint density at radius 2 is 2.45 bits per heavy atom. The number of likely N-dealkylation sites (tertiary alicyclic amines) is 1. The second-order valence-electron chi connectivity index (χ2n) is 5.80. The lowest BCUT2D eigenvalue weighted by molar-refractivity contribution is -0.123. The Hall–Kier alpha value is -2.08. The third-order valence-corrected chi connectivity index (χ3v) is 4.15. The van der Waals surface area contributed by atoms with Crippen LogP contribution in [0.2, 0.25) is 0 Å². The van der Waals surface area contributed by atoms with E-state index in [-0.39, 0.29) is 11.9 Å². The number of hydrogen-bond donors (Lipinski definition) is 1. The zero-order valence-corrected chi connectivity index (χ0v) is 12.8. The van der Waals surface area contributed by atoms with Gasteiger partial charge in [0, 0.05) is 18.4 Å². The van der Waals surface area contributed by atoms with Gasteiger partial charge in [-0.15, -0.1) is 0 Å². The standard InChI is InChI=1S/C16H22N4O2/c1-13(15-6-3-10-22-15)18-16(21)12-19-8-2-5-14(19)11-20-9-4-7-17-20/h3-4,6-7,9-10,13-14H,2,5,8,11-12H2,1H3,(H,18,21)/t13-,14+/m1/s1. The predicted molar refractivity (Wildman–Crippen MR) is 82.1 cm³/mol. The van der Waals surface area contributed by atoms with E-state index in [1.807, 2.05) is 36.0 Å². The third kappa shape index (κ3) is 3.57. The van der Waals surface area contributed by atoms with E-state index in [4.69, 9.17) is 4.42 Å². The number of amides is 1. The van der Waals surface area contributed by atoms with Crippen LogP contribution in [0.25, 0.3) is 0 Å². The maximum absolute atomic E-state index is 12.2. The molecule has 1 amide bonds. The molecular formula is C16H22N4O2. The van der Waals surface area contributed by atoms with Crippen LogP contribution in [0.3, 0.4) is 0 Å². The lowest BCUT2D eigenvalue weighted by Gasteiger charge is -2.24. The molecule has 0 radical (unpaired) electrons. The summed E-state index contributed by atoms with van der Waals surface area (Å²) in [4.78, 5) is 14.5. The van der Waals surface area contributed by atoms with Gasteiger partial charge >= 0.3 is 0 Å². The molecule has 0 aromatic carbocycles. The molecular weight excluding hydrogens is 280 g/mol. The molecule has 0 unspecified atom stereocenters. The molecule has 1 fully saturated rings. The van der Waals surface area contributed by atoms with Crippen molar-refractivity contribution in [1.82, 2.24) is 20.0 Å². The highest BCUT2D eigenvalue weighted by atomic mass is 16.3. The van der Waals surface area contributed by atoms with Crippen molar-refractivity contribution in [2.45, 2.75) is 38.4 Å². The number of aromatic nitrogens is 2. The van der Waals surface area contributed by atoms with Gasteiger partial charge < -0.3 is 9.73 Å². The second kappa shape index (κ2) is 6.79. The Bertz CT molecular complexity index is 579. The Labute approximate surface area is 130 Å². The summed E-state index contributed by atoms with van der Waals surface area (Å²) in [6.07, 6.45) is 7.62. The van der Waals surface area contributed by atoms with Crippen LogP contribution in [0, 0.1) is 0 Å². The minimum atomic E-state index is -0.102. The fourth-order valence-corrected chi connectivity index (χ4v) is 3.01. The predicted octanol–water partition coefficient (Wildman–Crippen LogP) is 1.82. The Morgan fingerprint density at radius 3 is 3.18 bits per heavy atom. The zero-order valence-electron chi connectivity index (χ0n) is 12.8. The van der Waals surface area contributed by atoms with E-state index < -0.39 is 0 Å². The molecule has 0 aliphatic carbocycles. The molecule has 2 aromatic heterocycles. The van der Waals surface area contributed by atoms with Crippen molar-refractivity contribution >= 4 is 5.91 Å². The minimum absolute atomic E-state index is 0.0382. The number of furan rings is 1. The summed E-state index contributed by atoms with van der Waals surface area (Å²) in [5.41, 5.74) is 0. The fraction of sp³-hybridized carbons (Fsp3) is 0.500. The van der Waals surface area contributed by atoms with E-state index in [0.717, 1.165) is 31.7 Å². The van der Waals surface area contributed by atoms with Crippen LogP contribution < -0.4 is 5.32 Å². The number of rotatable bonds is 6. The number of nitrogens with one attached hydrogen (secondary N) is 1. The van der Waals surface area contributed by atoms with E-state index in [1.165, 1.54) is 0 Å². The first-order chi connectivity index (χ1) is 10.7. The molecule has 118 valence electrons. The van der Waals surface area contributed by atoms with E-state index >= 15 is 0 Å². The van der Waals surface area contributed by atoms with Gasteiger partial charge in [-0.05, 0) is 44.5 Å². The molecule has 0 saturated carbocycles. The number of hydrogen-bond acceptors (Lipinski definition) is 4. The maximum atomic E-state index is 12.2. The molecule has 2 atom stereocenters. The molecule has 22 heavy (non-hydrogen) atoms. The molecule has 1 aliphatic rings. The highest BCUT2D eigenvalue weighted by molar-refractivity contribution is 5.78. The molecule has 3 heterocycles. The maximum Gasteiger partial charge on any atom is 0.234 e. The highest BCUT2D eigenvalue weighted by Crippen LogP contribution is 2.18. The molecule has 2 aromatic rings. The van der Waals surface area contributed by atoms with Gasteiger partial charge in [-0.25, -0.2) is 0 Å². The lowest BCUT2D eigenvalue weighted by Crippen LogP contribution is -2.42. The average Bonchev–Trinajstić information content (AvgIpc) is 3.22. The quantitative estimate of drug-likeness (QED) is 0.884. The first kappa shape index (κ1) is 14.8. The van der Waals surface area contributed by atoms with Crippen LogP contribution in [0.1, 0.15) is 31.6 Å². The highest BCUT2D eigenvalue weighted by Gasteiger charge is 2.27.